The van der Waals surface area contributed by atoms with E-state index in [-0.39, 0.29) is 5.97 Å². The molecule has 0 heterocycles. The molecule has 0 aromatic heterocycles. The van der Waals surface area contributed by atoms with Gasteiger partial charge in [-0.1, -0.05) is 12.1 Å². The smallest absolute Gasteiger partial charge is 0.313 e. The summed E-state index contributed by atoms with van der Waals surface area (Å²) in [6.45, 7) is 1.71. The number of carbonyl (C=O) groups excluding carboxylic acids is 2. The van der Waals surface area contributed by atoms with Crippen molar-refractivity contribution in [2.75, 3.05) is 48.6 Å². The van der Waals surface area contributed by atoms with Gasteiger partial charge in [-0.05, 0) is 68.2 Å². The highest BCUT2D eigenvalue weighted by Gasteiger charge is 2.22. The average molecular weight is 444 g/mol. The lowest BCUT2D eigenvalue weighted by molar-refractivity contribution is -0.142. The van der Waals surface area contributed by atoms with Gasteiger partial charge in [0.15, 0.2) is 17.8 Å². The second-order valence-corrected chi connectivity index (χ2v) is 7.58. The molecule has 1 unspecified atom stereocenters. The van der Waals surface area contributed by atoms with Crippen LogP contribution in [0.25, 0.3) is 0 Å². The van der Waals surface area contributed by atoms with Gasteiger partial charge >= 0.3 is 5.97 Å². The van der Waals surface area contributed by atoms with E-state index in [1.54, 1.807) is 32.4 Å². The minimum Gasteiger partial charge on any atom is -0.496 e. The van der Waals surface area contributed by atoms with Crippen LogP contribution in [-0.2, 0) is 16.0 Å². The summed E-state index contributed by atoms with van der Waals surface area (Å²) in [6.07, 6.45) is 3.07. The van der Waals surface area contributed by atoms with Gasteiger partial charge in [-0.2, -0.15) is 0 Å². The molecule has 174 valence electrons. The van der Waals surface area contributed by atoms with Crippen molar-refractivity contribution >= 4 is 12.3 Å². The van der Waals surface area contributed by atoms with E-state index < -0.39 is 5.92 Å². The highest BCUT2D eigenvalue weighted by molar-refractivity contribution is 5.82. The maximum Gasteiger partial charge on any atom is 0.313 e. The lowest BCUT2D eigenvalue weighted by Gasteiger charge is -2.20. The van der Waals surface area contributed by atoms with E-state index in [1.807, 2.05) is 18.2 Å². The summed E-state index contributed by atoms with van der Waals surface area (Å²) in [4.78, 5) is 25.8. The first kappa shape index (κ1) is 25.2. The van der Waals surface area contributed by atoms with E-state index in [9.17, 15) is 9.59 Å². The van der Waals surface area contributed by atoms with Crippen LogP contribution in [0.3, 0.4) is 0 Å². The summed E-state index contributed by atoms with van der Waals surface area (Å²) in [5, 5.41) is 0. The van der Waals surface area contributed by atoms with Gasteiger partial charge in [0.05, 0.1) is 39.9 Å². The third-order valence-electron chi connectivity index (χ3n) is 5.54. The summed E-state index contributed by atoms with van der Waals surface area (Å²) >= 11 is 0. The van der Waals surface area contributed by atoms with Crippen LogP contribution in [0.2, 0.25) is 0 Å². The maximum atomic E-state index is 12.4. The molecule has 0 saturated carbocycles. The van der Waals surface area contributed by atoms with Crippen molar-refractivity contribution in [2.45, 2.75) is 25.2 Å². The zero-order valence-electron chi connectivity index (χ0n) is 19.6. The van der Waals surface area contributed by atoms with Crippen LogP contribution in [0, 0.1) is 0 Å². The largest absolute Gasteiger partial charge is 0.496 e. The topological polar surface area (TPSA) is 74.3 Å². The van der Waals surface area contributed by atoms with Crippen molar-refractivity contribution in [2.24, 2.45) is 0 Å². The van der Waals surface area contributed by atoms with Crippen LogP contribution in [0.4, 0.5) is 0 Å². The Morgan fingerprint density at radius 3 is 2.28 bits per heavy atom. The number of aldehydes is 1. The molecule has 0 fully saturated rings. The molecule has 0 amide bonds. The zero-order valence-corrected chi connectivity index (χ0v) is 19.6. The quantitative estimate of drug-likeness (QED) is 0.345. The van der Waals surface area contributed by atoms with Crippen molar-refractivity contribution in [3.63, 3.8) is 0 Å². The van der Waals surface area contributed by atoms with Crippen LogP contribution < -0.4 is 14.2 Å². The summed E-state index contributed by atoms with van der Waals surface area (Å²) in [6, 6.07) is 11.2. The first-order valence-corrected chi connectivity index (χ1v) is 10.6. The highest BCUT2D eigenvalue weighted by Crippen LogP contribution is 2.29. The molecule has 1 atom stereocenters. The van der Waals surface area contributed by atoms with Crippen molar-refractivity contribution in [3.8, 4) is 17.2 Å². The molecular formula is C25H33NO6. The number of rotatable bonds is 13. The third-order valence-corrected chi connectivity index (χ3v) is 5.54. The molecule has 2 aromatic carbocycles. The summed E-state index contributed by atoms with van der Waals surface area (Å²) < 4.78 is 21.0. The minimum absolute atomic E-state index is 0.293. The van der Waals surface area contributed by atoms with Gasteiger partial charge in [-0.25, -0.2) is 0 Å². The SMILES string of the molecule is COC(=O)C(CCCN(C)CCc1ccc(OC)c(OC)c1)c1ccc(C=O)c(OC)c1. The van der Waals surface area contributed by atoms with Crippen LogP contribution in [0.1, 0.15) is 40.2 Å². The lowest BCUT2D eigenvalue weighted by Crippen LogP contribution is -2.24. The number of hydrogen-bond donors (Lipinski definition) is 0. The molecule has 7 heteroatoms. The van der Waals surface area contributed by atoms with Gasteiger partial charge < -0.3 is 23.8 Å². The van der Waals surface area contributed by atoms with E-state index in [4.69, 9.17) is 18.9 Å². The number of nitrogens with zero attached hydrogens (tertiary/aromatic N) is 1. The van der Waals surface area contributed by atoms with E-state index in [0.29, 0.717) is 17.7 Å². The zero-order chi connectivity index (χ0) is 23.5. The second kappa shape index (κ2) is 12.7. The van der Waals surface area contributed by atoms with E-state index in [0.717, 1.165) is 49.3 Å². The normalized spacial score (nSPS) is 11.7. The molecule has 0 saturated heterocycles. The fraction of sp³-hybridized carbons (Fsp3) is 0.440. The van der Waals surface area contributed by atoms with Gasteiger partial charge in [-0.15, -0.1) is 0 Å². The molecule has 0 N–H and O–H groups in total. The number of carbonyl (C=O) groups is 2. The van der Waals surface area contributed by atoms with Crippen molar-refractivity contribution < 1.29 is 28.5 Å². The van der Waals surface area contributed by atoms with E-state index in [1.165, 1.54) is 19.8 Å². The molecule has 0 radical (unpaired) electrons. The van der Waals surface area contributed by atoms with Gasteiger partial charge in [-0.3, -0.25) is 9.59 Å². The maximum absolute atomic E-state index is 12.4. The fourth-order valence-corrected chi connectivity index (χ4v) is 3.64. The molecule has 7 nitrogen and oxygen atoms in total. The number of likely N-dealkylation sites (N-methyl/N-ethyl adjacent to an activating group) is 1. The third kappa shape index (κ3) is 6.72. The predicted molar refractivity (Wildman–Crippen MR) is 123 cm³/mol. The van der Waals surface area contributed by atoms with E-state index >= 15 is 0 Å². The second-order valence-electron chi connectivity index (χ2n) is 7.58. The molecule has 0 aliphatic heterocycles. The van der Waals surface area contributed by atoms with Gasteiger partial charge in [0.2, 0.25) is 0 Å². The van der Waals surface area contributed by atoms with Crippen LogP contribution in [0.15, 0.2) is 36.4 Å². The standard InChI is InChI=1S/C25H33NO6/c1-26(14-12-18-8-11-22(29-2)24(15-18)31-4)13-6-7-21(25(28)32-5)19-9-10-20(17-27)23(16-19)30-3/h8-11,15-17,21H,6-7,12-14H2,1-5H3. The van der Waals surface area contributed by atoms with Gasteiger partial charge in [0.1, 0.15) is 5.75 Å². The molecule has 2 aromatic rings. The Bertz CT molecular complexity index is 898. The van der Waals surface area contributed by atoms with Crippen molar-refractivity contribution in [3.05, 3.63) is 53.1 Å². The Labute approximate surface area is 190 Å². The highest BCUT2D eigenvalue weighted by atomic mass is 16.5. The first-order chi connectivity index (χ1) is 15.5. The van der Waals surface area contributed by atoms with Crippen molar-refractivity contribution in [1.82, 2.24) is 4.90 Å². The average Bonchev–Trinajstić information content (AvgIpc) is 2.84. The number of benzene rings is 2. The first-order valence-electron chi connectivity index (χ1n) is 10.6. The van der Waals surface area contributed by atoms with Crippen LogP contribution >= 0.6 is 0 Å². The molecule has 0 aliphatic carbocycles. The molecular weight excluding hydrogens is 410 g/mol. The summed E-state index contributed by atoms with van der Waals surface area (Å²) in [7, 11) is 8.22. The summed E-state index contributed by atoms with van der Waals surface area (Å²) in [5.41, 5.74) is 2.41. The Balaban J connectivity index is 1.94. The van der Waals surface area contributed by atoms with E-state index in [2.05, 4.69) is 11.9 Å². The van der Waals surface area contributed by atoms with Gasteiger partial charge in [0.25, 0.3) is 0 Å². The molecule has 0 spiro atoms. The van der Waals surface area contributed by atoms with Crippen LogP contribution in [-0.4, -0.2) is 65.7 Å². The monoisotopic (exact) mass is 443 g/mol. The molecule has 2 rings (SSSR count). The molecule has 0 bridgehead atoms. The Kier molecular flexibility index (Phi) is 10.0. The summed E-state index contributed by atoms with van der Waals surface area (Å²) in [5.74, 6) is 1.20. The lowest BCUT2D eigenvalue weighted by atomic mass is 9.93. The Hall–Kier alpha value is -3.06. The van der Waals surface area contributed by atoms with Gasteiger partial charge in [0, 0.05) is 6.54 Å². The fourth-order valence-electron chi connectivity index (χ4n) is 3.64. The Morgan fingerprint density at radius 1 is 0.938 bits per heavy atom. The number of ether oxygens (including phenoxy) is 4. The number of hydrogen-bond acceptors (Lipinski definition) is 7. The number of esters is 1. The molecule has 0 aliphatic rings. The minimum atomic E-state index is -0.408. The predicted octanol–water partition coefficient (Wildman–Crippen LogP) is 3.74. The molecule has 32 heavy (non-hydrogen) atoms. The Morgan fingerprint density at radius 2 is 1.66 bits per heavy atom. The number of methoxy groups -OCH3 is 4. The van der Waals surface area contributed by atoms with Crippen molar-refractivity contribution in [1.29, 1.82) is 0 Å². The van der Waals surface area contributed by atoms with Crippen LogP contribution in [0.5, 0.6) is 17.2 Å².